The number of halogens is 2. The molecule has 0 unspecified atom stereocenters. The lowest BCUT2D eigenvalue weighted by Crippen LogP contribution is -2.26. The molecule has 2 aromatic rings. The van der Waals surface area contributed by atoms with Crippen LogP contribution in [-0.4, -0.2) is 21.8 Å². The summed E-state index contributed by atoms with van der Waals surface area (Å²) in [6.45, 7) is 0. The summed E-state index contributed by atoms with van der Waals surface area (Å²) in [6.07, 6.45) is 6.93. The molecule has 2 aromatic carbocycles. The quantitative estimate of drug-likeness (QED) is 0.565. The van der Waals surface area contributed by atoms with Crippen molar-refractivity contribution in [2.75, 3.05) is 13.4 Å². The zero-order valence-corrected chi connectivity index (χ0v) is 18.2. The summed E-state index contributed by atoms with van der Waals surface area (Å²) in [5.74, 6) is 0.489. The van der Waals surface area contributed by atoms with Crippen molar-refractivity contribution in [3.63, 3.8) is 0 Å². The minimum absolute atomic E-state index is 0.319. The Bertz CT molecular complexity index is 1040. The van der Waals surface area contributed by atoms with Gasteiger partial charge in [0.25, 0.3) is 0 Å². The van der Waals surface area contributed by atoms with E-state index in [1.165, 1.54) is 36.7 Å². The first-order valence-electron chi connectivity index (χ1n) is 9.28. The average molecular weight is 437 g/mol. The van der Waals surface area contributed by atoms with Gasteiger partial charge >= 0.3 is 0 Å². The monoisotopic (exact) mass is 436 g/mol. The van der Waals surface area contributed by atoms with Gasteiger partial charge in [0.15, 0.2) is 15.6 Å². The van der Waals surface area contributed by atoms with Gasteiger partial charge in [0, 0.05) is 6.26 Å². The van der Waals surface area contributed by atoms with Gasteiger partial charge in [-0.15, -0.1) is 0 Å². The summed E-state index contributed by atoms with van der Waals surface area (Å²) in [4.78, 5) is 0.338. The molecule has 2 aliphatic rings. The molecule has 1 fully saturated rings. The number of sulfone groups is 1. The van der Waals surface area contributed by atoms with Crippen molar-refractivity contribution in [2.45, 2.75) is 37.0 Å². The third-order valence-electron chi connectivity index (χ3n) is 6.06. The van der Waals surface area contributed by atoms with Crippen LogP contribution in [0.25, 0.3) is 11.1 Å². The Balaban J connectivity index is 1.81. The van der Waals surface area contributed by atoms with E-state index in [0.717, 1.165) is 24.0 Å². The van der Waals surface area contributed by atoms with Crippen molar-refractivity contribution >= 4 is 44.2 Å². The Morgan fingerprint density at radius 3 is 1.89 bits per heavy atom. The van der Waals surface area contributed by atoms with Gasteiger partial charge in [0.2, 0.25) is 0 Å². The molecule has 1 saturated carbocycles. The highest BCUT2D eigenvalue weighted by Gasteiger charge is 2.43. The molecular weight excluding hydrogens is 415 g/mol. The molecule has 3 nitrogen and oxygen atoms in total. The van der Waals surface area contributed by atoms with Crippen molar-refractivity contribution in [1.29, 1.82) is 0 Å². The third kappa shape index (κ3) is 3.47. The predicted molar refractivity (Wildman–Crippen MR) is 115 cm³/mol. The summed E-state index contributed by atoms with van der Waals surface area (Å²) in [7, 11) is -1.65. The van der Waals surface area contributed by atoms with Gasteiger partial charge in [-0.2, -0.15) is 0 Å². The van der Waals surface area contributed by atoms with Gasteiger partial charge in [-0.05, 0) is 77.6 Å². The summed E-state index contributed by atoms with van der Waals surface area (Å²) < 4.78 is 28.9. The van der Waals surface area contributed by atoms with E-state index < -0.39 is 9.84 Å². The van der Waals surface area contributed by atoms with Crippen LogP contribution in [0.3, 0.4) is 0 Å². The van der Waals surface area contributed by atoms with Gasteiger partial charge in [-0.25, -0.2) is 8.42 Å². The first-order chi connectivity index (χ1) is 13.2. The number of hydrogen-bond donors (Lipinski definition) is 0. The Hall–Kier alpha value is -1.49. The zero-order valence-electron chi connectivity index (χ0n) is 15.9. The molecular formula is C22H22Cl2O3S. The molecule has 2 aliphatic carbocycles. The van der Waals surface area contributed by atoms with E-state index in [9.17, 15) is 8.42 Å². The molecule has 6 heteroatoms. The summed E-state index contributed by atoms with van der Waals surface area (Å²) in [5, 5.41) is 0.998. The highest BCUT2D eigenvalue weighted by Crippen LogP contribution is 2.60. The Kier molecular flexibility index (Phi) is 5.01. The van der Waals surface area contributed by atoms with E-state index in [0.29, 0.717) is 26.1 Å². The van der Waals surface area contributed by atoms with Gasteiger partial charge < -0.3 is 4.74 Å². The topological polar surface area (TPSA) is 43.4 Å². The molecule has 148 valence electrons. The molecule has 4 rings (SSSR count). The molecule has 0 bridgehead atoms. The van der Waals surface area contributed by atoms with Crippen LogP contribution in [0.2, 0.25) is 10.0 Å². The number of methoxy groups -OCH3 is 1. The number of rotatable bonds is 4. The van der Waals surface area contributed by atoms with Crippen LogP contribution in [-0.2, 0) is 9.84 Å². The Labute approximate surface area is 176 Å². The minimum atomic E-state index is -3.21. The second-order valence-electron chi connectivity index (χ2n) is 7.93. The van der Waals surface area contributed by atoms with E-state index in [1.807, 2.05) is 24.3 Å². The maximum absolute atomic E-state index is 11.8. The molecule has 0 aliphatic heterocycles. The lowest BCUT2D eigenvalue weighted by Gasteiger charge is -2.39. The summed E-state index contributed by atoms with van der Waals surface area (Å²) in [6, 6.07) is 11.0. The molecule has 0 N–H and O–H groups in total. The van der Waals surface area contributed by atoms with Crippen LogP contribution in [0, 0.1) is 5.41 Å². The van der Waals surface area contributed by atoms with Gasteiger partial charge in [0.1, 0.15) is 0 Å². The average Bonchev–Trinajstić information content (AvgIpc) is 3.02. The van der Waals surface area contributed by atoms with Gasteiger partial charge in [-0.3, -0.25) is 0 Å². The molecule has 0 saturated heterocycles. The minimum Gasteiger partial charge on any atom is -0.494 e. The lowest BCUT2D eigenvalue weighted by atomic mass is 9.66. The van der Waals surface area contributed by atoms with E-state index in [1.54, 1.807) is 19.2 Å². The molecule has 0 amide bonds. The van der Waals surface area contributed by atoms with E-state index in [-0.39, 0.29) is 0 Å². The van der Waals surface area contributed by atoms with Crippen LogP contribution >= 0.6 is 23.2 Å². The second-order valence-corrected chi connectivity index (χ2v) is 10.8. The highest BCUT2D eigenvalue weighted by molar-refractivity contribution is 7.90. The molecule has 0 heterocycles. The number of hydrogen-bond acceptors (Lipinski definition) is 3. The van der Waals surface area contributed by atoms with Crippen LogP contribution < -0.4 is 4.74 Å². The highest BCUT2D eigenvalue weighted by atomic mass is 35.5. The molecule has 0 atom stereocenters. The van der Waals surface area contributed by atoms with Crippen molar-refractivity contribution in [2.24, 2.45) is 5.41 Å². The SMILES string of the molecule is COc1c(Cl)cc(C2=C(c3ccc(S(C)(=O)=O)cc3)CC3(CCC3)C2)cc1Cl. The Morgan fingerprint density at radius 1 is 0.929 bits per heavy atom. The summed E-state index contributed by atoms with van der Waals surface area (Å²) >= 11 is 12.8. The van der Waals surface area contributed by atoms with Crippen molar-refractivity contribution in [1.82, 2.24) is 0 Å². The van der Waals surface area contributed by atoms with Crippen LogP contribution in [0.15, 0.2) is 41.3 Å². The fourth-order valence-electron chi connectivity index (χ4n) is 4.44. The second kappa shape index (κ2) is 7.08. The van der Waals surface area contributed by atoms with E-state index in [4.69, 9.17) is 27.9 Å². The maximum Gasteiger partial charge on any atom is 0.175 e. The zero-order chi connectivity index (χ0) is 20.1. The third-order valence-corrected chi connectivity index (χ3v) is 7.75. The number of benzene rings is 2. The van der Waals surface area contributed by atoms with E-state index >= 15 is 0 Å². The molecule has 28 heavy (non-hydrogen) atoms. The van der Waals surface area contributed by atoms with Crippen molar-refractivity contribution in [3.8, 4) is 5.75 Å². The first-order valence-corrected chi connectivity index (χ1v) is 11.9. The fraction of sp³-hybridized carbons (Fsp3) is 0.364. The standard InChI is InChI=1S/C22H22Cl2O3S/c1-27-21-19(23)10-15(11-20(21)24)18-13-22(8-3-9-22)12-17(18)14-4-6-16(7-5-14)28(2,25)26/h4-7,10-11H,3,8-9,12-13H2,1-2H3. The number of allylic oxidation sites excluding steroid dienone is 2. The van der Waals surface area contributed by atoms with Gasteiger partial charge in [0.05, 0.1) is 22.1 Å². The van der Waals surface area contributed by atoms with E-state index in [2.05, 4.69) is 0 Å². The number of ether oxygens (including phenoxy) is 1. The molecule has 0 radical (unpaired) electrons. The first kappa shape index (κ1) is 19.8. The summed E-state index contributed by atoms with van der Waals surface area (Å²) in [5.41, 5.74) is 4.91. The Morgan fingerprint density at radius 2 is 1.46 bits per heavy atom. The van der Waals surface area contributed by atoms with Crippen LogP contribution in [0.1, 0.15) is 43.2 Å². The normalized spacial score (nSPS) is 18.4. The fourth-order valence-corrected chi connectivity index (χ4v) is 5.71. The smallest absolute Gasteiger partial charge is 0.175 e. The predicted octanol–water partition coefficient (Wildman–Crippen LogP) is 6.28. The lowest BCUT2D eigenvalue weighted by molar-refractivity contribution is 0.157. The maximum atomic E-state index is 11.8. The largest absolute Gasteiger partial charge is 0.494 e. The van der Waals surface area contributed by atoms with Crippen LogP contribution in [0.5, 0.6) is 5.75 Å². The molecule has 1 spiro atoms. The van der Waals surface area contributed by atoms with Crippen molar-refractivity contribution < 1.29 is 13.2 Å². The van der Waals surface area contributed by atoms with Gasteiger partial charge in [-0.1, -0.05) is 41.8 Å². The van der Waals surface area contributed by atoms with Crippen molar-refractivity contribution in [3.05, 3.63) is 57.6 Å². The molecule has 0 aromatic heterocycles. The van der Waals surface area contributed by atoms with Crippen LogP contribution in [0.4, 0.5) is 0 Å².